The van der Waals surface area contributed by atoms with Crippen molar-refractivity contribution in [3.8, 4) is 23.0 Å². The molecular weight excluding hydrogens is 684 g/mol. The number of hydrogen-bond donors (Lipinski definition) is 0. The van der Waals surface area contributed by atoms with Crippen LogP contribution in [-0.2, 0) is 25.7 Å². The van der Waals surface area contributed by atoms with Crippen LogP contribution in [0.3, 0.4) is 0 Å². The van der Waals surface area contributed by atoms with Gasteiger partial charge < -0.3 is 48.0 Å². The van der Waals surface area contributed by atoms with E-state index in [0.29, 0.717) is 78.5 Å². The lowest BCUT2D eigenvalue weighted by Gasteiger charge is -2.42. The second kappa shape index (κ2) is 20.9. The Morgan fingerprint density at radius 3 is 2.53 bits per heavy atom. The predicted octanol–water partition coefficient (Wildman–Crippen LogP) is 5.39. The molecule has 14 nitrogen and oxygen atoms in total. The summed E-state index contributed by atoms with van der Waals surface area (Å²) < 4.78 is 34.9. The van der Waals surface area contributed by atoms with Crippen molar-refractivity contribution in [2.75, 3.05) is 96.4 Å². The molecule has 1 amide bonds. The highest BCUT2D eigenvalue weighted by Gasteiger charge is 2.30. The first-order valence-electron chi connectivity index (χ1n) is 18.3. The minimum absolute atomic E-state index is 0.0163. The van der Waals surface area contributed by atoms with E-state index in [1.54, 1.807) is 14.2 Å². The Hall–Kier alpha value is -4.95. The van der Waals surface area contributed by atoms with E-state index in [2.05, 4.69) is 14.6 Å². The lowest BCUT2D eigenvalue weighted by molar-refractivity contribution is -0.757. The van der Waals surface area contributed by atoms with Crippen molar-refractivity contribution >= 4 is 17.3 Å². The molecule has 0 radical (unpaired) electrons. The molecule has 2 heterocycles. The van der Waals surface area contributed by atoms with Gasteiger partial charge in [-0.25, -0.2) is 0 Å². The summed E-state index contributed by atoms with van der Waals surface area (Å²) >= 11 is 0. The Kier molecular flexibility index (Phi) is 15.5. The van der Waals surface area contributed by atoms with E-state index in [0.717, 1.165) is 65.9 Å². The second-order valence-electron chi connectivity index (χ2n) is 12.9. The van der Waals surface area contributed by atoms with Crippen molar-refractivity contribution in [2.24, 2.45) is 0 Å². The number of ether oxygens (including phenoxy) is 6. The number of para-hydroxylation sites is 1. The zero-order valence-corrected chi connectivity index (χ0v) is 30.8. The van der Waals surface area contributed by atoms with Crippen LogP contribution in [0.5, 0.6) is 23.0 Å². The molecule has 1 atom stereocenters. The van der Waals surface area contributed by atoms with Gasteiger partial charge in [0.1, 0.15) is 36.2 Å². The molecule has 1 unspecified atom stereocenters. The third-order valence-corrected chi connectivity index (χ3v) is 9.25. The summed E-state index contributed by atoms with van der Waals surface area (Å²) in [6.45, 7) is 6.55. The molecule has 288 valence electrons. The van der Waals surface area contributed by atoms with Crippen LogP contribution in [0.15, 0.2) is 66.7 Å². The molecule has 2 aliphatic rings. The number of amides is 1. The predicted molar refractivity (Wildman–Crippen MR) is 200 cm³/mol. The minimum Gasteiger partial charge on any atom is -0.496 e. The third-order valence-electron chi connectivity index (χ3n) is 9.25. The van der Waals surface area contributed by atoms with Crippen molar-refractivity contribution < 1.29 is 43.1 Å². The Morgan fingerprint density at radius 2 is 1.72 bits per heavy atom. The normalized spacial score (nSPS) is 15.4. The van der Waals surface area contributed by atoms with E-state index in [9.17, 15) is 14.9 Å². The topological polar surface area (TPSA) is 135 Å². The first kappa shape index (κ1) is 39.3. The number of rotatable bonds is 22. The summed E-state index contributed by atoms with van der Waals surface area (Å²) in [7, 11) is 3.37. The highest BCUT2D eigenvalue weighted by Crippen LogP contribution is 2.35. The van der Waals surface area contributed by atoms with Gasteiger partial charge in [-0.1, -0.05) is 18.2 Å². The number of methoxy groups -OCH3 is 2. The Balaban J connectivity index is 1.17. The largest absolute Gasteiger partial charge is 0.496 e. The number of unbranched alkanes of at least 4 members (excludes halogenated alkanes) is 1. The molecule has 1 saturated heterocycles. The fourth-order valence-electron chi connectivity index (χ4n) is 6.50. The average molecular weight is 737 g/mol. The second-order valence-corrected chi connectivity index (χ2v) is 12.9. The summed E-state index contributed by atoms with van der Waals surface area (Å²) in [6.07, 6.45) is 2.91. The lowest BCUT2D eigenvalue weighted by Crippen LogP contribution is -2.57. The number of benzene rings is 3. The number of carbonyl (C=O) groups excluding carboxylic acids is 1. The van der Waals surface area contributed by atoms with Crippen molar-refractivity contribution in [3.63, 3.8) is 0 Å². The number of carbonyl (C=O) groups is 1. The van der Waals surface area contributed by atoms with E-state index in [1.807, 2.05) is 71.6 Å². The van der Waals surface area contributed by atoms with E-state index < -0.39 is 5.09 Å². The van der Waals surface area contributed by atoms with Crippen LogP contribution in [0.25, 0.3) is 0 Å². The van der Waals surface area contributed by atoms with Crippen LogP contribution in [0.1, 0.15) is 37.7 Å². The average Bonchev–Trinajstić information content (AvgIpc) is 3.18. The van der Waals surface area contributed by atoms with Crippen LogP contribution in [0.2, 0.25) is 0 Å². The van der Waals surface area contributed by atoms with E-state index in [4.69, 9.17) is 28.4 Å². The molecule has 3 aromatic rings. The van der Waals surface area contributed by atoms with Gasteiger partial charge in [-0.2, -0.15) is 0 Å². The van der Waals surface area contributed by atoms with Gasteiger partial charge in [-0.05, 0) is 61.7 Å². The van der Waals surface area contributed by atoms with Crippen LogP contribution in [-0.4, -0.2) is 109 Å². The number of nitrogens with zero attached hydrogens (tertiary/aromatic N) is 4. The zero-order valence-electron chi connectivity index (χ0n) is 30.8. The standard InChI is InChI=1S/C39H52N4O10/c1-47-22-7-18-40-21-26-51-38-17-16-35(27-36(38)40)52-30-33-28-41(39(44)11-5-6-25-53-43(45)46)19-20-42(33)32-12-14-34(15-13-32)50-24-8-23-49-29-31-9-3-4-10-37(31)48-2/h3-4,9-10,12-17,27,33H,5-8,11,18-26,28-30H2,1-2H3. The molecule has 53 heavy (non-hydrogen) atoms. The quantitative estimate of drug-likeness (QED) is 0.0744. The summed E-state index contributed by atoms with van der Waals surface area (Å²) in [6, 6.07) is 21.6. The maximum absolute atomic E-state index is 13.2. The Bertz CT molecular complexity index is 1580. The Morgan fingerprint density at radius 1 is 0.887 bits per heavy atom. The molecule has 14 heteroatoms. The summed E-state index contributed by atoms with van der Waals surface area (Å²) in [5.41, 5.74) is 3.03. The first-order chi connectivity index (χ1) is 25.9. The number of fused-ring (bicyclic) bond motifs is 1. The highest BCUT2D eigenvalue weighted by atomic mass is 16.9. The highest BCUT2D eigenvalue weighted by molar-refractivity contribution is 5.76. The maximum Gasteiger partial charge on any atom is 0.294 e. The van der Waals surface area contributed by atoms with Crippen LogP contribution in [0, 0.1) is 10.1 Å². The van der Waals surface area contributed by atoms with Crippen LogP contribution >= 0.6 is 0 Å². The molecule has 0 aromatic heterocycles. The SMILES string of the molecule is COCCCN1CCOc2ccc(OCC3CN(C(=O)CCCCO[N+](=O)[O-])CCN3c3ccc(OCCCOCc4ccccc4OC)cc3)cc21. The van der Waals surface area contributed by atoms with Crippen molar-refractivity contribution in [2.45, 2.75) is 44.8 Å². The van der Waals surface area contributed by atoms with E-state index >= 15 is 0 Å². The van der Waals surface area contributed by atoms with Gasteiger partial charge in [0.2, 0.25) is 5.91 Å². The van der Waals surface area contributed by atoms with Gasteiger partial charge in [0, 0.05) is 70.1 Å². The zero-order chi connectivity index (χ0) is 37.3. The van der Waals surface area contributed by atoms with E-state index in [1.165, 1.54) is 0 Å². The molecular formula is C39H52N4O10. The molecule has 0 bridgehead atoms. The first-order valence-corrected chi connectivity index (χ1v) is 18.3. The summed E-state index contributed by atoms with van der Waals surface area (Å²) in [5, 5.41) is 9.65. The fourth-order valence-corrected chi connectivity index (χ4v) is 6.50. The Labute approximate surface area is 311 Å². The van der Waals surface area contributed by atoms with Crippen molar-refractivity contribution in [1.29, 1.82) is 0 Å². The van der Waals surface area contributed by atoms with Crippen molar-refractivity contribution in [1.82, 2.24) is 4.90 Å². The van der Waals surface area contributed by atoms with E-state index in [-0.39, 0.29) is 18.6 Å². The lowest BCUT2D eigenvalue weighted by atomic mass is 10.1. The van der Waals surface area contributed by atoms with Crippen LogP contribution < -0.4 is 28.7 Å². The van der Waals surface area contributed by atoms with Gasteiger partial charge in [0.05, 0.1) is 51.8 Å². The number of anilines is 2. The maximum atomic E-state index is 13.2. The van der Waals surface area contributed by atoms with Gasteiger partial charge in [-0.15, -0.1) is 10.1 Å². The minimum atomic E-state index is -0.805. The summed E-state index contributed by atoms with van der Waals surface area (Å²) in [4.78, 5) is 34.5. The fraction of sp³-hybridized carbons (Fsp3) is 0.513. The smallest absolute Gasteiger partial charge is 0.294 e. The molecule has 0 aliphatic carbocycles. The summed E-state index contributed by atoms with van der Waals surface area (Å²) in [5.74, 6) is 3.17. The number of hydrogen-bond acceptors (Lipinski definition) is 12. The molecule has 5 rings (SSSR count). The number of piperazine rings is 1. The molecule has 2 aliphatic heterocycles. The third kappa shape index (κ3) is 12.0. The molecule has 1 fully saturated rings. The molecule has 3 aromatic carbocycles. The molecule has 0 spiro atoms. The van der Waals surface area contributed by atoms with Gasteiger partial charge in [0.25, 0.3) is 5.09 Å². The van der Waals surface area contributed by atoms with Gasteiger partial charge >= 0.3 is 0 Å². The monoisotopic (exact) mass is 736 g/mol. The molecule has 0 saturated carbocycles. The molecule has 0 N–H and O–H groups in total. The van der Waals surface area contributed by atoms with Gasteiger partial charge in [-0.3, -0.25) is 4.79 Å². The van der Waals surface area contributed by atoms with Gasteiger partial charge in [0.15, 0.2) is 0 Å². The van der Waals surface area contributed by atoms with Crippen molar-refractivity contribution in [3.05, 3.63) is 82.4 Å². The van der Waals surface area contributed by atoms with Crippen LogP contribution in [0.4, 0.5) is 11.4 Å².